The lowest BCUT2D eigenvalue weighted by atomic mass is 9.44. The summed E-state index contributed by atoms with van der Waals surface area (Å²) < 4.78 is 13.8. The lowest BCUT2D eigenvalue weighted by Crippen LogP contribution is -2.58. The van der Waals surface area contributed by atoms with Crippen LogP contribution in [0.2, 0.25) is 0 Å². The molecule has 0 spiro atoms. The van der Waals surface area contributed by atoms with E-state index in [1.807, 2.05) is 7.11 Å². The Kier molecular flexibility index (Phi) is 5.33. The van der Waals surface area contributed by atoms with Crippen LogP contribution in [0.1, 0.15) is 70.3 Å². The summed E-state index contributed by atoms with van der Waals surface area (Å²) in [7, 11) is 1.84. The normalized spacial score (nSPS) is 37.5. The number of halogens is 1. The highest BCUT2D eigenvalue weighted by Crippen LogP contribution is 2.67. The molecule has 4 unspecified atom stereocenters. The molecule has 0 heterocycles. The molecule has 26 heavy (non-hydrogen) atoms. The highest BCUT2D eigenvalue weighted by molar-refractivity contribution is 14.1. The minimum atomic E-state index is -0.106. The zero-order valence-corrected chi connectivity index (χ0v) is 18.6. The third-order valence-corrected chi connectivity index (χ3v) is 9.15. The van der Waals surface area contributed by atoms with Gasteiger partial charge in [-0.25, -0.2) is 0 Å². The highest BCUT2D eigenvalue weighted by atomic mass is 127. The Morgan fingerprint density at radius 2 is 1.77 bits per heavy atom. The monoisotopic (exact) mass is 468 g/mol. The molecule has 0 aromatic heterocycles. The molecule has 1 aromatic rings. The van der Waals surface area contributed by atoms with Gasteiger partial charge in [0.15, 0.2) is 0 Å². The lowest BCUT2D eigenvalue weighted by Gasteiger charge is -2.63. The summed E-state index contributed by atoms with van der Waals surface area (Å²) in [6, 6.07) is 8.73. The van der Waals surface area contributed by atoms with E-state index in [0.717, 1.165) is 17.6 Å². The average molecular weight is 468 g/mol. The third-order valence-electron chi connectivity index (χ3n) is 7.53. The molecule has 4 bridgehead atoms. The molecule has 0 saturated heterocycles. The number of hydrogen-bond donors (Lipinski definition) is 0. The first-order valence-electron chi connectivity index (χ1n) is 10.4. The molecule has 4 fully saturated rings. The van der Waals surface area contributed by atoms with Gasteiger partial charge in [0, 0.05) is 17.0 Å². The fourth-order valence-corrected chi connectivity index (χ4v) is 7.51. The predicted molar refractivity (Wildman–Crippen MR) is 115 cm³/mol. The minimum absolute atomic E-state index is 0.106. The van der Waals surface area contributed by atoms with Gasteiger partial charge in [0.1, 0.15) is 5.75 Å². The van der Waals surface area contributed by atoms with Crippen molar-refractivity contribution < 1.29 is 9.47 Å². The van der Waals surface area contributed by atoms with Crippen LogP contribution in [0, 0.1) is 22.7 Å². The van der Waals surface area contributed by atoms with Gasteiger partial charge in [-0.2, -0.15) is 0 Å². The summed E-state index contributed by atoms with van der Waals surface area (Å²) >= 11 is 2.63. The van der Waals surface area contributed by atoms with Gasteiger partial charge in [-0.1, -0.05) is 48.6 Å². The van der Waals surface area contributed by atoms with Crippen molar-refractivity contribution in [2.24, 2.45) is 22.7 Å². The first-order chi connectivity index (χ1) is 12.5. The van der Waals surface area contributed by atoms with E-state index in [9.17, 15) is 0 Å². The molecular formula is C23H33IO2. The van der Waals surface area contributed by atoms with Gasteiger partial charge >= 0.3 is 0 Å². The van der Waals surface area contributed by atoms with E-state index in [0.29, 0.717) is 11.3 Å². The second kappa shape index (κ2) is 7.27. The molecule has 0 aliphatic heterocycles. The van der Waals surface area contributed by atoms with Crippen LogP contribution in [0.5, 0.6) is 5.75 Å². The summed E-state index contributed by atoms with van der Waals surface area (Å²) in [5.74, 6) is 3.34. The fraction of sp³-hybridized carbons (Fsp3) is 0.739. The SMILES string of the molecule is CCC(C)c1ccc(OC(OC)C23CC4CC(CC(CI)(C4)C2)C3)cc1. The topological polar surface area (TPSA) is 18.5 Å². The van der Waals surface area contributed by atoms with E-state index in [2.05, 4.69) is 60.7 Å². The molecule has 2 nitrogen and oxygen atoms in total. The molecule has 144 valence electrons. The molecule has 0 N–H and O–H groups in total. The maximum absolute atomic E-state index is 6.48. The zero-order chi connectivity index (χ0) is 18.4. The number of hydrogen-bond acceptors (Lipinski definition) is 2. The van der Waals surface area contributed by atoms with Gasteiger partial charge in [0.2, 0.25) is 6.29 Å². The Morgan fingerprint density at radius 3 is 2.31 bits per heavy atom. The quantitative estimate of drug-likeness (QED) is 0.256. The summed E-state index contributed by atoms with van der Waals surface area (Å²) in [6.07, 6.45) is 9.27. The van der Waals surface area contributed by atoms with E-state index in [1.54, 1.807) is 0 Å². The Balaban J connectivity index is 1.54. The second-order valence-electron chi connectivity index (χ2n) is 9.52. The van der Waals surface area contributed by atoms with Crippen LogP contribution in [0.4, 0.5) is 0 Å². The van der Waals surface area contributed by atoms with Crippen LogP contribution in [-0.2, 0) is 4.74 Å². The van der Waals surface area contributed by atoms with Crippen molar-refractivity contribution in [3.8, 4) is 5.75 Å². The van der Waals surface area contributed by atoms with Gasteiger partial charge in [-0.15, -0.1) is 0 Å². The van der Waals surface area contributed by atoms with Gasteiger partial charge in [-0.3, -0.25) is 0 Å². The Morgan fingerprint density at radius 1 is 1.12 bits per heavy atom. The van der Waals surface area contributed by atoms with Gasteiger partial charge in [0.05, 0.1) is 0 Å². The smallest absolute Gasteiger partial charge is 0.205 e. The predicted octanol–water partition coefficient (Wildman–Crippen LogP) is 6.57. The van der Waals surface area contributed by atoms with Crippen LogP contribution < -0.4 is 4.74 Å². The van der Waals surface area contributed by atoms with Crippen LogP contribution >= 0.6 is 22.6 Å². The van der Waals surface area contributed by atoms with Crippen molar-refractivity contribution >= 4 is 22.6 Å². The van der Waals surface area contributed by atoms with Crippen molar-refractivity contribution in [2.75, 3.05) is 11.5 Å². The van der Waals surface area contributed by atoms with Crippen molar-refractivity contribution in [3.05, 3.63) is 29.8 Å². The molecule has 0 amide bonds. The number of alkyl halides is 1. The standard InChI is InChI=1S/C23H33IO2/c1-4-16(2)19-5-7-20(8-6-19)26-21(25-3)23-12-17-9-18(13-23)11-22(10-17,14-23)15-24/h5-8,16-18,21H,4,9-15H2,1-3H3. The molecular weight excluding hydrogens is 435 g/mol. The van der Waals surface area contributed by atoms with E-state index >= 15 is 0 Å². The van der Waals surface area contributed by atoms with Crippen molar-refractivity contribution in [1.29, 1.82) is 0 Å². The van der Waals surface area contributed by atoms with E-state index in [1.165, 1.54) is 54.9 Å². The van der Waals surface area contributed by atoms with Gasteiger partial charge in [0.25, 0.3) is 0 Å². The third kappa shape index (κ3) is 3.32. The molecule has 4 atom stereocenters. The summed E-state index contributed by atoms with van der Waals surface area (Å²) in [5, 5.41) is 0. The Labute approximate surface area is 172 Å². The van der Waals surface area contributed by atoms with Crippen LogP contribution in [0.15, 0.2) is 24.3 Å². The molecule has 5 rings (SSSR count). The van der Waals surface area contributed by atoms with E-state index in [4.69, 9.17) is 9.47 Å². The number of methoxy groups -OCH3 is 1. The highest BCUT2D eigenvalue weighted by Gasteiger charge is 2.60. The average Bonchev–Trinajstić information content (AvgIpc) is 2.64. The first kappa shape index (κ1) is 19.0. The molecule has 4 aliphatic carbocycles. The summed E-state index contributed by atoms with van der Waals surface area (Å²) in [5.41, 5.74) is 2.16. The summed E-state index contributed by atoms with van der Waals surface area (Å²) in [4.78, 5) is 0. The first-order valence-corrected chi connectivity index (χ1v) is 11.9. The van der Waals surface area contributed by atoms with Crippen LogP contribution in [0.3, 0.4) is 0 Å². The lowest BCUT2D eigenvalue weighted by molar-refractivity contribution is -0.220. The minimum Gasteiger partial charge on any atom is -0.464 e. The van der Waals surface area contributed by atoms with Gasteiger partial charge in [-0.05, 0) is 85.8 Å². The summed E-state index contributed by atoms with van der Waals surface area (Å²) in [6.45, 7) is 4.53. The maximum atomic E-state index is 6.48. The van der Waals surface area contributed by atoms with Gasteiger partial charge < -0.3 is 9.47 Å². The Hall–Kier alpha value is -0.290. The molecule has 4 saturated carbocycles. The van der Waals surface area contributed by atoms with Crippen molar-refractivity contribution in [2.45, 2.75) is 71.0 Å². The van der Waals surface area contributed by atoms with E-state index < -0.39 is 0 Å². The van der Waals surface area contributed by atoms with Crippen molar-refractivity contribution in [3.63, 3.8) is 0 Å². The fourth-order valence-electron chi connectivity index (χ4n) is 6.62. The van der Waals surface area contributed by atoms with E-state index in [-0.39, 0.29) is 11.7 Å². The largest absolute Gasteiger partial charge is 0.464 e. The maximum Gasteiger partial charge on any atom is 0.205 e. The molecule has 4 aliphatic rings. The molecule has 1 aromatic carbocycles. The number of ether oxygens (including phenoxy) is 2. The molecule has 3 heteroatoms. The Bertz CT molecular complexity index is 612. The van der Waals surface area contributed by atoms with Crippen molar-refractivity contribution in [1.82, 2.24) is 0 Å². The van der Waals surface area contributed by atoms with Crippen LogP contribution in [-0.4, -0.2) is 17.8 Å². The van der Waals surface area contributed by atoms with Crippen LogP contribution in [0.25, 0.3) is 0 Å². The second-order valence-corrected chi connectivity index (χ2v) is 10.3. The zero-order valence-electron chi connectivity index (χ0n) is 16.5. The molecule has 0 radical (unpaired) electrons. The number of rotatable bonds is 7. The number of benzene rings is 1.